The van der Waals surface area contributed by atoms with Gasteiger partial charge in [-0.1, -0.05) is 0 Å². The predicted octanol–water partition coefficient (Wildman–Crippen LogP) is 1.72. The number of nitrogens with one attached hydrogen (secondary N) is 1. The highest BCUT2D eigenvalue weighted by Gasteiger charge is 2.25. The van der Waals surface area contributed by atoms with Crippen LogP contribution in [0.25, 0.3) is 0 Å². The van der Waals surface area contributed by atoms with E-state index in [9.17, 15) is 4.79 Å². The van der Waals surface area contributed by atoms with Crippen molar-refractivity contribution in [2.24, 2.45) is 0 Å². The molecule has 1 N–H and O–H groups in total. The molecule has 0 bridgehead atoms. The molecule has 0 radical (unpaired) electrons. The lowest BCUT2D eigenvalue weighted by Gasteiger charge is -2.36. The Hall–Kier alpha value is -1.24. The highest BCUT2D eigenvalue weighted by molar-refractivity contribution is 5.85. The number of anilines is 1. The van der Waals surface area contributed by atoms with Gasteiger partial charge in [-0.05, 0) is 25.5 Å². The number of rotatable bonds is 4. The number of pyridine rings is 1. The molecule has 24 heavy (non-hydrogen) atoms. The first-order valence-corrected chi connectivity index (χ1v) is 8.02. The molecule has 2 aliphatic rings. The molecule has 0 aliphatic carbocycles. The molecular weight excluding hydrogens is 351 g/mol. The molecule has 2 saturated heterocycles. The largest absolute Gasteiger partial charge is 0.497 e. The summed E-state index contributed by atoms with van der Waals surface area (Å²) in [6.07, 6.45) is 4.71. The third kappa shape index (κ3) is 5.13. The van der Waals surface area contributed by atoms with Gasteiger partial charge in [-0.25, -0.2) is 4.98 Å². The summed E-state index contributed by atoms with van der Waals surface area (Å²) in [7, 11) is 1.66. The summed E-state index contributed by atoms with van der Waals surface area (Å²) >= 11 is 0. The summed E-state index contributed by atoms with van der Waals surface area (Å²) in [6.45, 7) is 4.23. The Morgan fingerprint density at radius 2 is 2.08 bits per heavy atom. The zero-order chi connectivity index (χ0) is 15.4. The van der Waals surface area contributed by atoms with Crippen LogP contribution in [-0.2, 0) is 4.79 Å². The normalized spacial score (nSPS) is 20.1. The van der Waals surface area contributed by atoms with Crippen molar-refractivity contribution < 1.29 is 9.53 Å². The average molecular weight is 377 g/mol. The molecule has 2 aliphatic heterocycles. The smallest absolute Gasteiger partial charge is 0.224 e. The van der Waals surface area contributed by atoms with E-state index in [0.717, 1.165) is 50.7 Å². The van der Waals surface area contributed by atoms with E-state index in [1.165, 1.54) is 6.42 Å². The number of nitrogens with zero attached hydrogens (tertiary/aromatic N) is 3. The van der Waals surface area contributed by atoms with Gasteiger partial charge in [0.2, 0.25) is 5.91 Å². The number of halogens is 2. The van der Waals surface area contributed by atoms with Crippen LogP contribution in [0.15, 0.2) is 18.3 Å². The van der Waals surface area contributed by atoms with Gasteiger partial charge < -0.3 is 19.9 Å². The topological polar surface area (TPSA) is 57.7 Å². The molecular formula is C16H26Cl2N4O2. The fraction of sp³-hybridized carbons (Fsp3) is 0.625. The van der Waals surface area contributed by atoms with Crippen molar-refractivity contribution in [3.8, 4) is 5.75 Å². The molecule has 1 aromatic rings. The molecule has 1 aromatic heterocycles. The number of hydrogen-bond acceptors (Lipinski definition) is 5. The Balaban J connectivity index is 0.00000144. The van der Waals surface area contributed by atoms with E-state index in [2.05, 4.69) is 15.2 Å². The third-order valence-corrected chi connectivity index (χ3v) is 4.49. The van der Waals surface area contributed by atoms with Crippen molar-refractivity contribution in [1.82, 2.24) is 15.2 Å². The van der Waals surface area contributed by atoms with Gasteiger partial charge in [0.1, 0.15) is 11.6 Å². The van der Waals surface area contributed by atoms with Crippen LogP contribution in [0.1, 0.15) is 19.3 Å². The Bertz CT molecular complexity index is 519. The van der Waals surface area contributed by atoms with Crippen LogP contribution in [-0.4, -0.2) is 61.7 Å². The van der Waals surface area contributed by atoms with Crippen LogP contribution in [0.3, 0.4) is 0 Å². The minimum atomic E-state index is 0. The van der Waals surface area contributed by atoms with Crippen molar-refractivity contribution in [2.75, 3.05) is 44.7 Å². The van der Waals surface area contributed by atoms with Crippen molar-refractivity contribution in [1.29, 1.82) is 0 Å². The first-order valence-electron chi connectivity index (χ1n) is 8.02. The zero-order valence-corrected chi connectivity index (χ0v) is 15.6. The second kappa shape index (κ2) is 9.91. The molecule has 0 aromatic carbocycles. The number of carbonyl (C=O) groups excluding carboxylic acids is 1. The van der Waals surface area contributed by atoms with Gasteiger partial charge in [-0.3, -0.25) is 4.79 Å². The zero-order valence-electron chi connectivity index (χ0n) is 13.9. The van der Waals surface area contributed by atoms with Crippen LogP contribution in [0.2, 0.25) is 0 Å². The summed E-state index contributed by atoms with van der Waals surface area (Å²) in [5.74, 6) is 2.01. The van der Waals surface area contributed by atoms with E-state index in [1.54, 1.807) is 13.3 Å². The predicted molar refractivity (Wildman–Crippen MR) is 99.7 cm³/mol. The fourth-order valence-electron chi connectivity index (χ4n) is 3.16. The van der Waals surface area contributed by atoms with Gasteiger partial charge in [-0.2, -0.15) is 0 Å². The van der Waals surface area contributed by atoms with E-state index >= 15 is 0 Å². The number of aromatic nitrogens is 1. The molecule has 0 spiro atoms. The van der Waals surface area contributed by atoms with Crippen molar-refractivity contribution in [2.45, 2.75) is 25.3 Å². The Kier molecular flexibility index (Phi) is 8.59. The summed E-state index contributed by atoms with van der Waals surface area (Å²) < 4.78 is 5.24. The molecule has 3 heterocycles. The quantitative estimate of drug-likeness (QED) is 0.866. The number of carbonyl (C=O) groups is 1. The lowest BCUT2D eigenvalue weighted by atomic mass is 10.1. The molecule has 8 heteroatoms. The number of ether oxygens (including phenoxy) is 1. The maximum absolute atomic E-state index is 12.3. The minimum Gasteiger partial charge on any atom is -0.497 e. The first kappa shape index (κ1) is 20.8. The molecule has 1 amide bonds. The third-order valence-electron chi connectivity index (χ3n) is 4.49. The van der Waals surface area contributed by atoms with Crippen LogP contribution in [0, 0.1) is 0 Å². The van der Waals surface area contributed by atoms with E-state index in [1.807, 2.05) is 17.0 Å². The molecule has 2 fully saturated rings. The first-order chi connectivity index (χ1) is 10.8. The Morgan fingerprint density at radius 3 is 2.71 bits per heavy atom. The van der Waals surface area contributed by atoms with Crippen molar-refractivity contribution >= 4 is 36.5 Å². The fourth-order valence-corrected chi connectivity index (χ4v) is 3.16. The van der Waals surface area contributed by atoms with E-state index in [0.29, 0.717) is 12.5 Å². The maximum Gasteiger partial charge on any atom is 0.224 e. The highest BCUT2D eigenvalue weighted by Crippen LogP contribution is 2.20. The second-order valence-electron chi connectivity index (χ2n) is 5.92. The van der Waals surface area contributed by atoms with Crippen LogP contribution < -0.4 is 15.0 Å². The summed E-state index contributed by atoms with van der Waals surface area (Å²) in [5, 5.41) is 3.39. The second-order valence-corrected chi connectivity index (χ2v) is 5.92. The Morgan fingerprint density at radius 1 is 1.33 bits per heavy atom. The minimum absolute atomic E-state index is 0. The van der Waals surface area contributed by atoms with Crippen LogP contribution >= 0.6 is 24.8 Å². The molecule has 1 unspecified atom stereocenters. The molecule has 0 saturated carbocycles. The van der Waals surface area contributed by atoms with Gasteiger partial charge >= 0.3 is 0 Å². The molecule has 3 rings (SSSR count). The van der Waals surface area contributed by atoms with Crippen LogP contribution in [0.5, 0.6) is 5.75 Å². The van der Waals surface area contributed by atoms with E-state index in [-0.39, 0.29) is 30.7 Å². The number of methoxy groups -OCH3 is 1. The number of hydrogen-bond donors (Lipinski definition) is 1. The standard InChI is InChI=1S/C16H24N4O2.2ClH/c1-22-14-4-6-18-15(12-14)19-7-9-20(10-8-19)16(21)11-13-3-2-5-17-13;;/h4,6,12-13,17H,2-3,5,7-11H2,1H3;2*1H. The summed E-state index contributed by atoms with van der Waals surface area (Å²) in [6, 6.07) is 4.17. The maximum atomic E-state index is 12.3. The van der Waals surface area contributed by atoms with E-state index in [4.69, 9.17) is 4.74 Å². The summed E-state index contributed by atoms with van der Waals surface area (Å²) in [4.78, 5) is 20.9. The van der Waals surface area contributed by atoms with E-state index < -0.39 is 0 Å². The number of amides is 1. The monoisotopic (exact) mass is 376 g/mol. The summed E-state index contributed by atoms with van der Waals surface area (Å²) in [5.41, 5.74) is 0. The van der Waals surface area contributed by atoms with Gasteiger partial charge in [-0.15, -0.1) is 24.8 Å². The van der Waals surface area contributed by atoms with Gasteiger partial charge in [0.05, 0.1) is 7.11 Å². The Labute approximate surface area is 155 Å². The van der Waals surface area contributed by atoms with Gasteiger partial charge in [0.25, 0.3) is 0 Å². The molecule has 136 valence electrons. The molecule has 1 atom stereocenters. The average Bonchev–Trinajstić information content (AvgIpc) is 3.08. The van der Waals surface area contributed by atoms with Crippen molar-refractivity contribution in [3.63, 3.8) is 0 Å². The van der Waals surface area contributed by atoms with Gasteiger partial charge in [0, 0.05) is 50.9 Å². The lowest BCUT2D eigenvalue weighted by Crippen LogP contribution is -2.50. The highest BCUT2D eigenvalue weighted by atomic mass is 35.5. The van der Waals surface area contributed by atoms with Crippen LogP contribution in [0.4, 0.5) is 5.82 Å². The SMILES string of the molecule is COc1ccnc(N2CCN(C(=O)CC3CCCN3)CC2)c1.Cl.Cl. The van der Waals surface area contributed by atoms with Crippen molar-refractivity contribution in [3.05, 3.63) is 18.3 Å². The molecule has 6 nitrogen and oxygen atoms in total. The lowest BCUT2D eigenvalue weighted by molar-refractivity contribution is -0.131. The van der Waals surface area contributed by atoms with Gasteiger partial charge in [0.15, 0.2) is 0 Å². The number of piperazine rings is 1.